The summed E-state index contributed by atoms with van der Waals surface area (Å²) in [5, 5.41) is 6.64. The van der Waals surface area contributed by atoms with Crippen molar-refractivity contribution >= 4 is 65.6 Å². The van der Waals surface area contributed by atoms with Gasteiger partial charge in [0, 0.05) is 32.5 Å². The summed E-state index contributed by atoms with van der Waals surface area (Å²) in [4.78, 5) is 4.87. The molecule has 0 bridgehead atoms. The van der Waals surface area contributed by atoms with E-state index in [1.807, 2.05) is 24.3 Å². The molecule has 39 heavy (non-hydrogen) atoms. The van der Waals surface area contributed by atoms with Crippen molar-refractivity contribution in [1.82, 2.24) is 9.55 Å². The summed E-state index contributed by atoms with van der Waals surface area (Å²) in [6.45, 7) is 0. The van der Waals surface area contributed by atoms with E-state index in [4.69, 9.17) is 13.8 Å². The highest BCUT2D eigenvalue weighted by molar-refractivity contribution is 6.22. The molecular formula is C35H20N2O2. The third-order valence-corrected chi connectivity index (χ3v) is 7.81. The Morgan fingerprint density at radius 1 is 0.538 bits per heavy atom. The van der Waals surface area contributed by atoms with Gasteiger partial charge in [-0.05, 0) is 41.8 Å². The molecule has 0 atom stereocenters. The van der Waals surface area contributed by atoms with Crippen LogP contribution in [0.15, 0.2) is 130 Å². The van der Waals surface area contributed by atoms with Crippen molar-refractivity contribution in [2.75, 3.05) is 0 Å². The van der Waals surface area contributed by atoms with E-state index >= 15 is 0 Å². The van der Waals surface area contributed by atoms with Gasteiger partial charge in [0.25, 0.3) is 0 Å². The van der Waals surface area contributed by atoms with Crippen molar-refractivity contribution in [2.45, 2.75) is 0 Å². The van der Waals surface area contributed by atoms with Gasteiger partial charge in [-0.1, -0.05) is 84.9 Å². The van der Waals surface area contributed by atoms with Crippen LogP contribution in [0.25, 0.3) is 82.8 Å². The Labute approximate surface area is 222 Å². The smallest absolute Gasteiger partial charge is 0.228 e. The lowest BCUT2D eigenvalue weighted by Gasteiger charge is -2.08. The number of benzene rings is 6. The zero-order valence-corrected chi connectivity index (χ0v) is 20.8. The Morgan fingerprint density at radius 3 is 2.00 bits per heavy atom. The van der Waals surface area contributed by atoms with Gasteiger partial charge in [-0.3, -0.25) is 0 Å². The van der Waals surface area contributed by atoms with E-state index in [1.54, 1.807) is 0 Å². The van der Waals surface area contributed by atoms with E-state index in [2.05, 4.69) is 102 Å². The molecule has 0 aliphatic heterocycles. The van der Waals surface area contributed by atoms with Crippen LogP contribution in [0.3, 0.4) is 0 Å². The summed E-state index contributed by atoms with van der Waals surface area (Å²) in [5.74, 6) is 0.594. The van der Waals surface area contributed by atoms with Gasteiger partial charge in [-0.2, -0.15) is 0 Å². The van der Waals surface area contributed by atoms with Crippen molar-refractivity contribution < 1.29 is 8.83 Å². The topological polar surface area (TPSA) is 44.1 Å². The fourth-order valence-electron chi connectivity index (χ4n) is 6.13. The number of rotatable bonds is 2. The number of oxazole rings is 1. The Balaban J connectivity index is 1.45. The molecule has 0 fully saturated rings. The second kappa shape index (κ2) is 7.59. The monoisotopic (exact) mass is 500 g/mol. The summed E-state index contributed by atoms with van der Waals surface area (Å²) in [5.41, 5.74) is 7.53. The maximum Gasteiger partial charge on any atom is 0.228 e. The number of nitrogens with zero attached hydrogens (tertiary/aromatic N) is 2. The summed E-state index contributed by atoms with van der Waals surface area (Å²) in [6.07, 6.45) is 0. The maximum atomic E-state index is 6.86. The Morgan fingerprint density at radius 2 is 1.21 bits per heavy atom. The first-order chi connectivity index (χ1) is 19.3. The fourth-order valence-corrected chi connectivity index (χ4v) is 6.13. The molecule has 4 nitrogen and oxygen atoms in total. The minimum Gasteiger partial charge on any atom is -0.453 e. The predicted molar refractivity (Wildman–Crippen MR) is 159 cm³/mol. The molecule has 0 saturated heterocycles. The van der Waals surface area contributed by atoms with Crippen LogP contribution in [0, 0.1) is 0 Å². The van der Waals surface area contributed by atoms with E-state index in [9.17, 15) is 0 Å². The minimum absolute atomic E-state index is 0.594. The highest BCUT2D eigenvalue weighted by atomic mass is 16.3. The molecule has 9 aromatic rings. The average Bonchev–Trinajstić information content (AvgIpc) is 3.69. The van der Waals surface area contributed by atoms with Crippen molar-refractivity contribution in [1.29, 1.82) is 0 Å². The summed E-state index contributed by atoms with van der Waals surface area (Å²) in [6, 6.07) is 41.9. The Kier molecular flexibility index (Phi) is 4.02. The first-order valence-electron chi connectivity index (χ1n) is 13.1. The molecule has 0 N–H and O–H groups in total. The van der Waals surface area contributed by atoms with Crippen LogP contribution in [-0.4, -0.2) is 9.55 Å². The molecule has 182 valence electrons. The molecule has 0 aliphatic rings. The number of hydrogen-bond acceptors (Lipinski definition) is 3. The summed E-state index contributed by atoms with van der Waals surface area (Å²) < 4.78 is 15.5. The number of furan rings is 1. The van der Waals surface area contributed by atoms with E-state index in [1.165, 1.54) is 10.8 Å². The van der Waals surface area contributed by atoms with Gasteiger partial charge >= 0.3 is 0 Å². The van der Waals surface area contributed by atoms with Gasteiger partial charge in [-0.25, -0.2) is 4.98 Å². The highest BCUT2D eigenvalue weighted by Gasteiger charge is 2.22. The predicted octanol–water partition coefficient (Wildman–Crippen LogP) is 9.64. The second-order valence-electron chi connectivity index (χ2n) is 9.96. The largest absolute Gasteiger partial charge is 0.453 e. The fraction of sp³-hybridized carbons (Fsp3) is 0. The maximum absolute atomic E-state index is 6.86. The van der Waals surface area contributed by atoms with Crippen molar-refractivity contribution in [3.05, 3.63) is 121 Å². The third kappa shape index (κ3) is 2.80. The first kappa shape index (κ1) is 20.7. The molecule has 0 aliphatic carbocycles. The lowest BCUT2D eigenvalue weighted by molar-refractivity contribution is 0.620. The van der Waals surface area contributed by atoms with Gasteiger partial charge in [0.15, 0.2) is 11.2 Å². The third-order valence-electron chi connectivity index (χ3n) is 7.81. The van der Waals surface area contributed by atoms with Crippen LogP contribution in [-0.2, 0) is 0 Å². The quantitative estimate of drug-likeness (QED) is 0.237. The van der Waals surface area contributed by atoms with E-state index in [0.717, 1.165) is 66.1 Å². The van der Waals surface area contributed by atoms with Crippen LogP contribution < -0.4 is 0 Å². The molecule has 0 unspecified atom stereocenters. The van der Waals surface area contributed by atoms with Crippen LogP contribution in [0.1, 0.15) is 0 Å². The number of hydrogen-bond donors (Lipinski definition) is 0. The zero-order valence-electron chi connectivity index (χ0n) is 20.8. The summed E-state index contributed by atoms with van der Waals surface area (Å²) in [7, 11) is 0. The molecule has 3 heterocycles. The second-order valence-corrected chi connectivity index (χ2v) is 9.96. The van der Waals surface area contributed by atoms with Crippen molar-refractivity contribution in [2.24, 2.45) is 0 Å². The average molecular weight is 501 g/mol. The van der Waals surface area contributed by atoms with Crippen molar-refractivity contribution in [3.8, 4) is 17.1 Å². The van der Waals surface area contributed by atoms with E-state index in [-0.39, 0.29) is 0 Å². The lowest BCUT2D eigenvalue weighted by Crippen LogP contribution is -1.94. The van der Waals surface area contributed by atoms with Gasteiger partial charge in [0.2, 0.25) is 5.89 Å². The molecule has 6 aromatic carbocycles. The molecular weight excluding hydrogens is 480 g/mol. The number of para-hydroxylation sites is 5. The van der Waals surface area contributed by atoms with Crippen molar-refractivity contribution in [3.63, 3.8) is 0 Å². The molecule has 3 aromatic heterocycles. The van der Waals surface area contributed by atoms with Crippen LogP contribution in [0.2, 0.25) is 0 Å². The van der Waals surface area contributed by atoms with Crippen LogP contribution >= 0.6 is 0 Å². The lowest BCUT2D eigenvalue weighted by atomic mass is 10.00. The SMILES string of the molecule is c1ccc2c(c1)cc(-c1nc3ccccc3o1)c1c3cccc(-n4c5ccccc5c5ccccc54)c3oc21. The highest BCUT2D eigenvalue weighted by Crippen LogP contribution is 2.44. The van der Waals surface area contributed by atoms with E-state index < -0.39 is 0 Å². The van der Waals surface area contributed by atoms with Gasteiger partial charge < -0.3 is 13.4 Å². The Bertz CT molecular complexity index is 2320. The minimum atomic E-state index is 0.594. The van der Waals surface area contributed by atoms with Gasteiger partial charge in [0.1, 0.15) is 11.1 Å². The molecule has 9 rings (SSSR count). The van der Waals surface area contributed by atoms with Gasteiger partial charge in [0.05, 0.1) is 16.7 Å². The van der Waals surface area contributed by atoms with Crippen LogP contribution in [0.5, 0.6) is 0 Å². The molecule has 0 radical (unpaired) electrons. The number of aromatic nitrogens is 2. The zero-order chi connectivity index (χ0) is 25.5. The molecule has 0 amide bonds. The molecule has 0 spiro atoms. The molecule has 0 saturated carbocycles. The molecule has 4 heteroatoms. The van der Waals surface area contributed by atoms with Crippen LogP contribution in [0.4, 0.5) is 0 Å². The standard InChI is InChI=1S/C35H20N2O2/c1-2-11-22-21(10-1)20-26(35-36-27-15-5-8-19-31(27)38-35)32-25-14-9-18-30(33(25)39-34(22)32)37-28-16-6-3-12-23(28)24-13-4-7-17-29(24)37/h1-20H. The normalized spacial score (nSPS) is 12.1. The van der Waals surface area contributed by atoms with Gasteiger partial charge in [-0.15, -0.1) is 0 Å². The first-order valence-corrected chi connectivity index (χ1v) is 13.1. The number of fused-ring (bicyclic) bond motifs is 9. The summed E-state index contributed by atoms with van der Waals surface area (Å²) >= 11 is 0. The van der Waals surface area contributed by atoms with E-state index in [0.29, 0.717) is 5.89 Å². The Hall–Kier alpha value is -5.35.